The lowest BCUT2D eigenvalue weighted by Crippen LogP contribution is -2.49. The highest BCUT2D eigenvalue weighted by Crippen LogP contribution is 2.37. The van der Waals surface area contributed by atoms with Gasteiger partial charge in [-0.2, -0.15) is 18.3 Å². The van der Waals surface area contributed by atoms with E-state index in [0.29, 0.717) is 44.2 Å². The number of aromatic nitrogens is 4. The van der Waals surface area contributed by atoms with Gasteiger partial charge >= 0.3 is 6.18 Å². The van der Waals surface area contributed by atoms with Crippen LogP contribution in [0.4, 0.5) is 29.1 Å². The second-order valence-corrected chi connectivity index (χ2v) is 9.26. The number of ether oxygens (including phenoxy) is 1. The number of carbonyl (C=O) groups is 1. The van der Waals surface area contributed by atoms with Gasteiger partial charge in [-0.1, -0.05) is 0 Å². The zero-order valence-corrected chi connectivity index (χ0v) is 21.7. The number of benzene rings is 1. The fourth-order valence-corrected chi connectivity index (χ4v) is 4.49. The molecule has 1 unspecified atom stereocenters. The topological polar surface area (TPSA) is 130 Å². The fraction of sp³-hybridized carbons (Fsp3) is 0.346. The zero-order chi connectivity index (χ0) is 29.0. The van der Waals surface area contributed by atoms with Gasteiger partial charge < -0.3 is 20.3 Å². The molecule has 4 rings (SSSR count). The van der Waals surface area contributed by atoms with E-state index in [1.165, 1.54) is 19.4 Å². The number of alkyl halides is 3. The summed E-state index contributed by atoms with van der Waals surface area (Å²) in [6.07, 6.45) is 3.42. The first-order chi connectivity index (χ1) is 19.0. The number of anilines is 2. The summed E-state index contributed by atoms with van der Waals surface area (Å²) in [6.45, 7) is 0.961. The lowest BCUT2D eigenvalue weighted by molar-refractivity contribution is -0.138. The third-order valence-corrected chi connectivity index (χ3v) is 6.67. The molecule has 0 amide bonds. The molecule has 3 N–H and O–H groups in total. The minimum atomic E-state index is -4.79. The van der Waals surface area contributed by atoms with Gasteiger partial charge in [-0.05, 0) is 49.2 Å². The first kappa shape index (κ1) is 28.5. The third kappa shape index (κ3) is 6.05. The van der Waals surface area contributed by atoms with E-state index in [-0.39, 0.29) is 40.2 Å². The van der Waals surface area contributed by atoms with Crippen LogP contribution in [-0.4, -0.2) is 64.6 Å². The number of hydrogen-bond acceptors (Lipinski definition) is 9. The van der Waals surface area contributed by atoms with Crippen molar-refractivity contribution in [3.63, 3.8) is 0 Å². The van der Waals surface area contributed by atoms with E-state index in [0.717, 1.165) is 12.3 Å². The number of hydrogen-bond donors (Lipinski definition) is 2. The number of aldehydes is 1. The number of nitrogens with two attached hydrogens (primary N) is 1. The number of carbonyl (C=O) groups excluding carboxylic acids is 1. The van der Waals surface area contributed by atoms with Crippen LogP contribution in [0.1, 0.15) is 40.7 Å². The highest BCUT2D eigenvalue weighted by Gasteiger charge is 2.41. The maximum atomic E-state index is 14.7. The molecule has 14 heteroatoms. The number of methoxy groups -OCH3 is 1. The first-order valence-electron chi connectivity index (χ1n) is 12.3. The van der Waals surface area contributed by atoms with Gasteiger partial charge in [-0.15, -0.1) is 0 Å². The third-order valence-electron chi connectivity index (χ3n) is 6.67. The molecule has 1 aromatic carbocycles. The molecule has 3 heterocycles. The molecule has 40 heavy (non-hydrogen) atoms. The van der Waals surface area contributed by atoms with Crippen LogP contribution in [0.5, 0.6) is 5.75 Å². The molecule has 0 bridgehead atoms. The molecule has 1 aliphatic rings. The minimum absolute atomic E-state index is 0.0330. The molecule has 2 aromatic heterocycles. The number of nitrogen functional groups attached to an aromatic ring is 1. The summed E-state index contributed by atoms with van der Waals surface area (Å²) in [5.41, 5.74) is 3.73. The Bertz CT molecular complexity index is 1480. The summed E-state index contributed by atoms with van der Waals surface area (Å²) in [5.74, 6) is -0.370. The highest BCUT2D eigenvalue weighted by molar-refractivity contribution is 5.84. The van der Waals surface area contributed by atoms with Crippen molar-refractivity contribution in [2.45, 2.75) is 31.5 Å². The van der Waals surface area contributed by atoms with Crippen molar-refractivity contribution < 1.29 is 27.1 Å². The Morgan fingerprint density at radius 2 is 2.05 bits per heavy atom. The van der Waals surface area contributed by atoms with Crippen LogP contribution in [0, 0.1) is 5.82 Å². The highest BCUT2D eigenvalue weighted by atomic mass is 19.4. The monoisotopic (exact) mass is 561 g/mol. The van der Waals surface area contributed by atoms with Crippen molar-refractivity contribution in [3.05, 3.63) is 63.6 Å². The predicted molar refractivity (Wildman–Crippen MR) is 140 cm³/mol. The van der Waals surface area contributed by atoms with E-state index in [1.54, 1.807) is 24.2 Å². The van der Waals surface area contributed by atoms with Crippen LogP contribution >= 0.6 is 0 Å². The van der Waals surface area contributed by atoms with Gasteiger partial charge in [0.05, 0.1) is 30.8 Å². The summed E-state index contributed by atoms with van der Waals surface area (Å²) < 4.78 is 60.1. The van der Waals surface area contributed by atoms with Gasteiger partial charge in [0, 0.05) is 31.7 Å². The van der Waals surface area contributed by atoms with Gasteiger partial charge in [-0.25, -0.2) is 19.5 Å². The van der Waals surface area contributed by atoms with Gasteiger partial charge in [0.15, 0.2) is 23.7 Å². The average Bonchev–Trinajstić information content (AvgIpc) is 2.88. The van der Waals surface area contributed by atoms with E-state index < -0.39 is 23.1 Å². The van der Waals surface area contributed by atoms with Crippen molar-refractivity contribution in [2.75, 3.05) is 37.9 Å². The summed E-state index contributed by atoms with van der Waals surface area (Å²) in [4.78, 5) is 34.9. The van der Waals surface area contributed by atoms with E-state index in [9.17, 15) is 27.2 Å². The average molecular weight is 562 g/mol. The molecular formula is C26H27F4N7O3. The van der Waals surface area contributed by atoms with Crippen LogP contribution in [0.3, 0.4) is 0 Å². The molecule has 1 atom stereocenters. The Balaban J connectivity index is 1.41. The molecule has 0 saturated carbocycles. The Morgan fingerprint density at radius 1 is 1.27 bits per heavy atom. The normalized spacial score (nSPS) is 15.2. The van der Waals surface area contributed by atoms with Gasteiger partial charge in [0.1, 0.15) is 11.4 Å². The van der Waals surface area contributed by atoms with E-state index in [2.05, 4.69) is 15.1 Å². The Hall–Kier alpha value is -4.49. The Morgan fingerprint density at radius 3 is 2.67 bits per heavy atom. The standard InChI is InChI=1S/C26H27F4N7O3/c1-36(7-3-4-17-6-9-37(17)20-12-33-35-25(39)22(20)26(28,29)30)8-5-15-10-18(19(27)11-16(15)14-38)24-32-13-21(40-2)23(31)34-24/h5,8,10-14,17H,3-4,6-7,9H2,1-2H3,(H,35,39)(H2,31,32,34)/b8-5-. The number of H-pyrrole nitrogens is 1. The lowest BCUT2D eigenvalue weighted by Gasteiger charge is -2.43. The Kier molecular flexibility index (Phi) is 8.35. The molecule has 1 saturated heterocycles. The van der Waals surface area contributed by atoms with Crippen molar-refractivity contribution in [1.29, 1.82) is 0 Å². The molecule has 1 fully saturated rings. The van der Waals surface area contributed by atoms with Gasteiger partial charge in [0.25, 0.3) is 5.56 Å². The smallest absolute Gasteiger partial charge is 0.423 e. The van der Waals surface area contributed by atoms with Crippen molar-refractivity contribution in [1.82, 2.24) is 25.1 Å². The second-order valence-electron chi connectivity index (χ2n) is 9.26. The van der Waals surface area contributed by atoms with Crippen LogP contribution in [0.15, 0.2) is 35.5 Å². The number of nitrogens with zero attached hydrogens (tertiary/aromatic N) is 5. The Labute approximate surface area is 226 Å². The number of halogens is 4. The molecular weight excluding hydrogens is 534 g/mol. The van der Waals surface area contributed by atoms with Crippen LogP contribution in [-0.2, 0) is 6.18 Å². The SMILES string of the molecule is COc1cnc(-c2cc(/C=C\N(C)CCCC3CCN3c3cn[nH]c(=O)c3C(F)(F)F)c(C=O)cc2F)nc1N. The van der Waals surface area contributed by atoms with Crippen molar-refractivity contribution in [3.8, 4) is 17.1 Å². The summed E-state index contributed by atoms with van der Waals surface area (Å²) >= 11 is 0. The maximum absolute atomic E-state index is 14.7. The predicted octanol–water partition coefficient (Wildman–Crippen LogP) is 3.75. The number of nitrogens with one attached hydrogen (secondary N) is 1. The molecule has 10 nitrogen and oxygen atoms in total. The summed E-state index contributed by atoms with van der Waals surface area (Å²) in [7, 11) is 3.21. The molecule has 0 spiro atoms. The lowest BCUT2D eigenvalue weighted by atomic mass is 9.96. The summed E-state index contributed by atoms with van der Waals surface area (Å²) in [5, 5.41) is 5.40. The van der Waals surface area contributed by atoms with Crippen LogP contribution < -0.4 is 20.9 Å². The molecule has 0 aliphatic carbocycles. The molecule has 1 aliphatic heterocycles. The number of aromatic amines is 1. The maximum Gasteiger partial charge on any atom is 0.423 e. The second kappa shape index (κ2) is 11.7. The first-order valence-corrected chi connectivity index (χ1v) is 12.3. The molecule has 3 aromatic rings. The quantitative estimate of drug-likeness (QED) is 0.281. The molecule has 0 radical (unpaired) electrons. The fourth-order valence-electron chi connectivity index (χ4n) is 4.49. The van der Waals surface area contributed by atoms with Gasteiger partial charge in [-0.3, -0.25) is 9.59 Å². The minimum Gasteiger partial charge on any atom is -0.491 e. The zero-order valence-electron chi connectivity index (χ0n) is 21.7. The van der Waals surface area contributed by atoms with Crippen LogP contribution in [0.25, 0.3) is 17.5 Å². The molecule has 212 valence electrons. The van der Waals surface area contributed by atoms with Gasteiger partial charge in [0.2, 0.25) is 0 Å². The summed E-state index contributed by atoms with van der Waals surface area (Å²) in [6, 6.07) is 2.39. The van der Waals surface area contributed by atoms with Crippen molar-refractivity contribution in [2.24, 2.45) is 0 Å². The van der Waals surface area contributed by atoms with E-state index in [4.69, 9.17) is 10.5 Å². The van der Waals surface area contributed by atoms with Crippen LogP contribution in [0.2, 0.25) is 0 Å². The largest absolute Gasteiger partial charge is 0.491 e. The van der Waals surface area contributed by atoms with E-state index in [1.807, 2.05) is 10.00 Å². The van der Waals surface area contributed by atoms with Crippen molar-refractivity contribution >= 4 is 23.9 Å². The van der Waals surface area contributed by atoms with E-state index >= 15 is 0 Å². The number of rotatable bonds is 10.